The SMILES string of the molecule is CNC(=O)c1ccc(Oc2cccc(NC(=S)Nc3ccc(Cl)cc3Cl)c2)nc1. The number of hydrogen-bond acceptors (Lipinski definition) is 4. The molecule has 3 N–H and O–H groups in total. The van der Waals surface area contributed by atoms with Crippen molar-refractivity contribution in [3.63, 3.8) is 0 Å². The minimum Gasteiger partial charge on any atom is -0.439 e. The number of rotatable bonds is 5. The number of thiocarbonyl (C=S) groups is 1. The van der Waals surface area contributed by atoms with E-state index in [1.165, 1.54) is 6.20 Å². The zero-order chi connectivity index (χ0) is 20.8. The first-order chi connectivity index (χ1) is 13.9. The lowest BCUT2D eigenvalue weighted by atomic mass is 10.2. The van der Waals surface area contributed by atoms with Crippen LogP contribution in [0.3, 0.4) is 0 Å². The Labute approximate surface area is 183 Å². The lowest BCUT2D eigenvalue weighted by Crippen LogP contribution is -2.19. The van der Waals surface area contributed by atoms with Crippen LogP contribution in [-0.2, 0) is 0 Å². The van der Waals surface area contributed by atoms with Crippen molar-refractivity contribution in [2.45, 2.75) is 0 Å². The summed E-state index contributed by atoms with van der Waals surface area (Å²) in [6.45, 7) is 0. The van der Waals surface area contributed by atoms with Crippen LogP contribution >= 0.6 is 35.4 Å². The maximum absolute atomic E-state index is 11.6. The number of halogens is 2. The molecular weight excluding hydrogens is 431 g/mol. The van der Waals surface area contributed by atoms with Gasteiger partial charge >= 0.3 is 0 Å². The highest BCUT2D eigenvalue weighted by molar-refractivity contribution is 7.80. The van der Waals surface area contributed by atoms with Crippen LogP contribution in [0.5, 0.6) is 11.6 Å². The second kappa shape index (κ2) is 9.56. The van der Waals surface area contributed by atoms with Gasteiger partial charge in [0.25, 0.3) is 5.91 Å². The Bertz CT molecular complexity index is 1040. The van der Waals surface area contributed by atoms with Crippen molar-refractivity contribution >= 4 is 57.8 Å². The summed E-state index contributed by atoms with van der Waals surface area (Å²) in [7, 11) is 1.56. The summed E-state index contributed by atoms with van der Waals surface area (Å²) >= 11 is 17.4. The van der Waals surface area contributed by atoms with E-state index in [0.717, 1.165) is 0 Å². The van der Waals surface area contributed by atoms with Crippen LogP contribution in [-0.4, -0.2) is 23.1 Å². The highest BCUT2D eigenvalue weighted by atomic mass is 35.5. The number of amides is 1. The van der Waals surface area contributed by atoms with Gasteiger partial charge in [0.2, 0.25) is 5.88 Å². The summed E-state index contributed by atoms with van der Waals surface area (Å²) in [5, 5.41) is 9.99. The fraction of sp³-hybridized carbons (Fsp3) is 0.0500. The van der Waals surface area contributed by atoms with E-state index in [-0.39, 0.29) is 5.91 Å². The van der Waals surface area contributed by atoms with Crippen molar-refractivity contribution in [2.75, 3.05) is 17.7 Å². The number of pyridine rings is 1. The van der Waals surface area contributed by atoms with Gasteiger partial charge in [0.15, 0.2) is 5.11 Å². The lowest BCUT2D eigenvalue weighted by molar-refractivity contribution is 0.0962. The highest BCUT2D eigenvalue weighted by Gasteiger charge is 2.07. The maximum Gasteiger partial charge on any atom is 0.252 e. The van der Waals surface area contributed by atoms with Crippen molar-refractivity contribution in [3.05, 3.63) is 76.4 Å². The number of benzene rings is 2. The van der Waals surface area contributed by atoms with Gasteiger partial charge in [-0.05, 0) is 48.6 Å². The molecule has 0 aliphatic carbocycles. The van der Waals surface area contributed by atoms with Crippen molar-refractivity contribution in [2.24, 2.45) is 0 Å². The van der Waals surface area contributed by atoms with E-state index in [1.54, 1.807) is 49.5 Å². The quantitative estimate of drug-likeness (QED) is 0.458. The summed E-state index contributed by atoms with van der Waals surface area (Å²) in [4.78, 5) is 15.7. The molecule has 0 radical (unpaired) electrons. The third-order valence-corrected chi connectivity index (χ3v) is 4.47. The molecule has 0 aliphatic rings. The molecule has 1 aromatic heterocycles. The first-order valence-electron chi connectivity index (χ1n) is 8.44. The molecule has 0 saturated carbocycles. The Morgan fingerprint density at radius 3 is 2.59 bits per heavy atom. The monoisotopic (exact) mass is 446 g/mol. The molecule has 0 spiro atoms. The number of ether oxygens (including phenoxy) is 1. The van der Waals surface area contributed by atoms with Crippen molar-refractivity contribution in [1.29, 1.82) is 0 Å². The number of carbonyl (C=O) groups is 1. The average Bonchev–Trinajstić information content (AvgIpc) is 2.70. The van der Waals surface area contributed by atoms with E-state index in [1.807, 2.05) is 12.1 Å². The Morgan fingerprint density at radius 2 is 1.90 bits per heavy atom. The minimum absolute atomic E-state index is 0.211. The maximum atomic E-state index is 11.6. The van der Waals surface area contributed by atoms with Gasteiger partial charge in [-0.15, -0.1) is 0 Å². The minimum atomic E-state index is -0.211. The van der Waals surface area contributed by atoms with E-state index < -0.39 is 0 Å². The molecule has 0 fully saturated rings. The molecule has 1 amide bonds. The van der Waals surface area contributed by atoms with E-state index >= 15 is 0 Å². The van der Waals surface area contributed by atoms with Crippen LogP contribution in [0.25, 0.3) is 0 Å². The molecule has 0 aliphatic heterocycles. The van der Waals surface area contributed by atoms with Gasteiger partial charge in [0.05, 0.1) is 16.3 Å². The molecule has 0 bridgehead atoms. The molecule has 9 heteroatoms. The van der Waals surface area contributed by atoms with Crippen molar-refractivity contribution in [3.8, 4) is 11.6 Å². The van der Waals surface area contributed by atoms with Gasteiger partial charge < -0.3 is 20.7 Å². The molecule has 0 saturated heterocycles. The second-order valence-electron chi connectivity index (χ2n) is 5.80. The molecule has 0 atom stereocenters. The van der Waals surface area contributed by atoms with Crippen LogP contribution < -0.4 is 20.7 Å². The van der Waals surface area contributed by atoms with Gasteiger partial charge in [-0.3, -0.25) is 4.79 Å². The van der Waals surface area contributed by atoms with E-state index in [4.69, 9.17) is 40.2 Å². The van der Waals surface area contributed by atoms with Gasteiger partial charge in [0.1, 0.15) is 5.75 Å². The van der Waals surface area contributed by atoms with Gasteiger partial charge in [-0.25, -0.2) is 4.98 Å². The van der Waals surface area contributed by atoms with Crippen molar-refractivity contribution < 1.29 is 9.53 Å². The Hall–Kier alpha value is -2.87. The van der Waals surface area contributed by atoms with Gasteiger partial charge in [0, 0.05) is 36.1 Å². The molecule has 6 nitrogen and oxygen atoms in total. The predicted octanol–water partition coefficient (Wildman–Crippen LogP) is 5.35. The van der Waals surface area contributed by atoms with E-state index in [2.05, 4.69) is 20.9 Å². The topological polar surface area (TPSA) is 75.3 Å². The lowest BCUT2D eigenvalue weighted by Gasteiger charge is -2.13. The molecule has 148 valence electrons. The Morgan fingerprint density at radius 1 is 1.07 bits per heavy atom. The number of nitrogens with zero attached hydrogens (tertiary/aromatic N) is 1. The third kappa shape index (κ3) is 5.80. The normalized spacial score (nSPS) is 10.2. The van der Waals surface area contributed by atoms with Gasteiger partial charge in [-0.1, -0.05) is 29.3 Å². The number of carbonyl (C=O) groups excluding carboxylic acids is 1. The zero-order valence-corrected chi connectivity index (χ0v) is 17.5. The third-order valence-electron chi connectivity index (χ3n) is 3.72. The van der Waals surface area contributed by atoms with Crippen LogP contribution in [0.4, 0.5) is 11.4 Å². The molecular formula is C20H16Cl2N4O2S. The average molecular weight is 447 g/mol. The number of hydrogen-bond donors (Lipinski definition) is 3. The first kappa shape index (κ1) is 20.9. The summed E-state index contributed by atoms with van der Waals surface area (Å²) in [5.74, 6) is 0.711. The smallest absolute Gasteiger partial charge is 0.252 e. The van der Waals surface area contributed by atoms with Crippen LogP contribution in [0, 0.1) is 0 Å². The highest BCUT2D eigenvalue weighted by Crippen LogP contribution is 2.26. The molecule has 3 rings (SSSR count). The largest absolute Gasteiger partial charge is 0.439 e. The summed E-state index contributed by atoms with van der Waals surface area (Å²) in [5.41, 5.74) is 1.81. The second-order valence-corrected chi connectivity index (χ2v) is 7.05. The van der Waals surface area contributed by atoms with Crippen LogP contribution in [0.15, 0.2) is 60.8 Å². The standard InChI is InChI=1S/C20H16Cl2N4O2S/c1-23-19(27)12-5-8-18(24-11-12)28-15-4-2-3-14(10-15)25-20(29)26-17-7-6-13(21)9-16(17)22/h2-11H,1H3,(H,23,27)(H2,25,26,29). The predicted molar refractivity (Wildman–Crippen MR) is 120 cm³/mol. The molecule has 0 unspecified atom stereocenters. The van der Waals surface area contributed by atoms with E-state index in [9.17, 15) is 4.79 Å². The number of aromatic nitrogens is 1. The van der Waals surface area contributed by atoms with E-state index in [0.29, 0.717) is 43.7 Å². The zero-order valence-electron chi connectivity index (χ0n) is 15.2. The van der Waals surface area contributed by atoms with Crippen molar-refractivity contribution in [1.82, 2.24) is 10.3 Å². The van der Waals surface area contributed by atoms with Crippen LogP contribution in [0.2, 0.25) is 10.0 Å². The number of nitrogens with one attached hydrogen (secondary N) is 3. The summed E-state index contributed by atoms with van der Waals surface area (Å²) in [6, 6.07) is 15.6. The molecule has 1 heterocycles. The molecule has 29 heavy (non-hydrogen) atoms. The summed E-state index contributed by atoms with van der Waals surface area (Å²) in [6.07, 6.45) is 1.45. The molecule has 2 aromatic carbocycles. The molecule has 3 aromatic rings. The fourth-order valence-electron chi connectivity index (χ4n) is 2.35. The Kier molecular flexibility index (Phi) is 6.87. The number of anilines is 2. The van der Waals surface area contributed by atoms with Gasteiger partial charge in [-0.2, -0.15) is 0 Å². The summed E-state index contributed by atoms with van der Waals surface area (Å²) < 4.78 is 5.74. The first-order valence-corrected chi connectivity index (χ1v) is 9.60. The fourth-order valence-corrected chi connectivity index (χ4v) is 3.04. The Balaban J connectivity index is 1.64. The van der Waals surface area contributed by atoms with Crippen LogP contribution in [0.1, 0.15) is 10.4 Å².